The molecule has 0 radical (unpaired) electrons. The van der Waals surface area contributed by atoms with E-state index in [1.165, 1.54) is 66.7 Å². The number of unbranched alkanes of at least 4 members (excludes halogenated alkanes) is 1. The molecule has 0 amide bonds. The van der Waals surface area contributed by atoms with Crippen molar-refractivity contribution in [2.24, 2.45) is 22.6 Å². The van der Waals surface area contributed by atoms with Gasteiger partial charge in [0.1, 0.15) is 0 Å². The Morgan fingerprint density at radius 3 is 2.94 bits per heavy atom. The Balaban J connectivity index is 1.31. The van der Waals surface area contributed by atoms with Crippen LogP contribution in [0, 0.1) is 11.8 Å². The number of nitrogens with two attached hydrogens (primary N) is 1. The fraction of sp³-hybridized carbons (Fsp3) is 0.500. The lowest BCUT2D eigenvalue weighted by Gasteiger charge is -2.26. The zero-order valence-corrected chi connectivity index (χ0v) is 21.9. The maximum Gasteiger partial charge on any atom is 0.0935 e. The number of H-pyrrole nitrogens is 1. The molecule has 1 fully saturated rings. The second-order valence-corrected chi connectivity index (χ2v) is 11.3. The number of aromatic nitrogens is 2. The molecule has 4 nitrogen and oxygen atoms in total. The molecule has 5 rings (SSSR count). The molecule has 1 saturated carbocycles. The molecule has 1 aliphatic heterocycles. The van der Waals surface area contributed by atoms with Crippen LogP contribution in [-0.2, 0) is 0 Å². The normalized spacial score (nSPS) is 26.6. The van der Waals surface area contributed by atoms with Crippen molar-refractivity contribution >= 4 is 17.9 Å². The largest absolute Gasteiger partial charge is 0.346 e. The molecule has 3 N–H and O–H groups in total. The quantitative estimate of drug-likeness (QED) is 0.367. The van der Waals surface area contributed by atoms with Gasteiger partial charge in [-0.3, -0.25) is 4.99 Å². The van der Waals surface area contributed by atoms with Gasteiger partial charge in [0.2, 0.25) is 0 Å². The van der Waals surface area contributed by atoms with Gasteiger partial charge in [-0.05, 0) is 86.6 Å². The summed E-state index contributed by atoms with van der Waals surface area (Å²) in [6.45, 7) is 6.48. The minimum atomic E-state index is 0.186. The van der Waals surface area contributed by atoms with Crippen LogP contribution in [0.3, 0.4) is 0 Å². The number of benzene rings is 1. The Kier molecular flexibility index (Phi) is 8.01. The number of nitrogens with zero attached hydrogens (tertiary/aromatic N) is 2. The van der Waals surface area contributed by atoms with Crippen molar-refractivity contribution in [1.29, 1.82) is 0 Å². The van der Waals surface area contributed by atoms with Crippen LogP contribution in [0.5, 0.6) is 0 Å². The Labute approximate surface area is 216 Å². The summed E-state index contributed by atoms with van der Waals surface area (Å²) in [7, 11) is 0. The lowest BCUT2D eigenvalue weighted by molar-refractivity contribution is 0.302. The molecule has 0 spiro atoms. The molecule has 36 heavy (non-hydrogen) atoms. The van der Waals surface area contributed by atoms with Crippen LogP contribution >= 0.6 is 0 Å². The monoisotopic (exact) mass is 482 g/mol. The van der Waals surface area contributed by atoms with E-state index < -0.39 is 0 Å². The van der Waals surface area contributed by atoms with Gasteiger partial charge in [-0.25, -0.2) is 4.98 Å². The molecule has 0 saturated heterocycles. The Morgan fingerprint density at radius 2 is 2.08 bits per heavy atom. The highest BCUT2D eigenvalue weighted by Crippen LogP contribution is 2.33. The number of fused-ring (bicyclic) bond motifs is 1. The third-order valence-corrected chi connectivity index (χ3v) is 8.20. The first-order valence-corrected chi connectivity index (χ1v) is 14.1. The lowest BCUT2D eigenvalue weighted by Crippen LogP contribution is -2.27. The van der Waals surface area contributed by atoms with Crippen LogP contribution in [-0.4, -0.2) is 21.7 Å². The van der Waals surface area contributed by atoms with E-state index in [1.54, 1.807) is 0 Å². The van der Waals surface area contributed by atoms with Crippen molar-refractivity contribution in [3.05, 3.63) is 65.0 Å². The van der Waals surface area contributed by atoms with Gasteiger partial charge in [0, 0.05) is 17.3 Å². The van der Waals surface area contributed by atoms with Crippen LogP contribution in [0.25, 0.3) is 23.4 Å². The maximum absolute atomic E-state index is 6.17. The minimum absolute atomic E-state index is 0.186. The van der Waals surface area contributed by atoms with Crippen molar-refractivity contribution in [2.45, 2.75) is 89.6 Å². The molecular weight excluding hydrogens is 440 g/mol. The summed E-state index contributed by atoms with van der Waals surface area (Å²) in [6, 6.07) is 7.34. The van der Waals surface area contributed by atoms with Crippen LogP contribution in [0.15, 0.2) is 53.8 Å². The van der Waals surface area contributed by atoms with Gasteiger partial charge in [-0.1, -0.05) is 67.9 Å². The molecule has 4 heteroatoms. The van der Waals surface area contributed by atoms with E-state index in [9.17, 15) is 0 Å². The number of rotatable bonds is 7. The van der Waals surface area contributed by atoms with Crippen LogP contribution in [0.1, 0.15) is 89.3 Å². The van der Waals surface area contributed by atoms with Gasteiger partial charge >= 0.3 is 0 Å². The van der Waals surface area contributed by atoms with E-state index in [4.69, 9.17) is 15.7 Å². The minimum Gasteiger partial charge on any atom is -0.346 e. The van der Waals surface area contributed by atoms with Gasteiger partial charge in [0.25, 0.3) is 0 Å². The van der Waals surface area contributed by atoms with Gasteiger partial charge in [-0.2, -0.15) is 0 Å². The SMILES string of the molecule is C=C1C=c2ccc(-c3nc[nH]c3C3CCCC(C)=N3)cc2=CC(/C=C/CCCC2CCC[C@H](N)C2)C1. The predicted molar refractivity (Wildman–Crippen MR) is 152 cm³/mol. The van der Waals surface area contributed by atoms with Crippen molar-refractivity contribution < 1.29 is 0 Å². The molecule has 4 atom stereocenters. The summed E-state index contributed by atoms with van der Waals surface area (Å²) < 4.78 is 0. The standard InChI is InChI=1S/C32H42N4/c1-22-16-25(10-5-3-4-9-24-11-7-12-29(33)19-24)18-28-20-27(15-14-26(28)17-22)31-32(35-21-34-31)30-13-6-8-23(2)36-30/h5,10,14-15,17-18,20-21,24-25,29-30H,1,3-4,6-9,11-13,16,19,33H2,2H3,(H,34,35)/b10-5+/t24?,25?,29-,30?/m0/s1. The molecule has 1 aromatic carbocycles. The van der Waals surface area contributed by atoms with Gasteiger partial charge < -0.3 is 10.7 Å². The summed E-state index contributed by atoms with van der Waals surface area (Å²) >= 11 is 0. The lowest BCUT2D eigenvalue weighted by atomic mass is 9.83. The molecule has 2 aromatic rings. The molecule has 1 aromatic heterocycles. The van der Waals surface area contributed by atoms with Crippen LogP contribution < -0.4 is 16.2 Å². The molecule has 190 valence electrons. The third kappa shape index (κ3) is 6.15. The number of allylic oxidation sites excluding steroid dienone is 3. The van der Waals surface area contributed by atoms with Gasteiger partial charge in [-0.15, -0.1) is 0 Å². The number of imidazole rings is 1. The highest BCUT2D eigenvalue weighted by Gasteiger charge is 2.21. The van der Waals surface area contributed by atoms with Crippen molar-refractivity contribution in [1.82, 2.24) is 9.97 Å². The van der Waals surface area contributed by atoms with Crippen LogP contribution in [0.4, 0.5) is 0 Å². The first kappa shape index (κ1) is 25.0. The second-order valence-electron chi connectivity index (χ2n) is 11.3. The van der Waals surface area contributed by atoms with E-state index >= 15 is 0 Å². The summed E-state index contributed by atoms with van der Waals surface area (Å²) in [5.74, 6) is 1.21. The second kappa shape index (κ2) is 11.6. The number of aromatic amines is 1. The fourth-order valence-electron chi connectivity index (χ4n) is 6.33. The molecule has 3 aliphatic rings. The molecule has 0 bridgehead atoms. The van der Waals surface area contributed by atoms with Crippen LogP contribution in [0.2, 0.25) is 0 Å². The van der Waals surface area contributed by atoms with Gasteiger partial charge in [0.05, 0.1) is 23.8 Å². The fourth-order valence-corrected chi connectivity index (χ4v) is 6.33. The number of hydrogen-bond donors (Lipinski definition) is 2. The smallest absolute Gasteiger partial charge is 0.0935 e. The topological polar surface area (TPSA) is 67.1 Å². The highest BCUT2D eigenvalue weighted by atomic mass is 14.9. The van der Waals surface area contributed by atoms with E-state index in [-0.39, 0.29) is 6.04 Å². The average molecular weight is 483 g/mol. The van der Waals surface area contributed by atoms with Crippen molar-refractivity contribution in [3.63, 3.8) is 0 Å². The van der Waals surface area contributed by atoms with Gasteiger partial charge in [0.15, 0.2) is 0 Å². The van der Waals surface area contributed by atoms with Crippen molar-refractivity contribution in [3.8, 4) is 11.3 Å². The number of hydrogen-bond acceptors (Lipinski definition) is 3. The number of aliphatic imine (C=N–C) groups is 1. The zero-order valence-electron chi connectivity index (χ0n) is 21.9. The summed E-state index contributed by atoms with van der Waals surface area (Å²) in [4.78, 5) is 13.0. The molecule has 2 heterocycles. The number of nitrogens with one attached hydrogen (secondary N) is 1. The molecule has 3 unspecified atom stereocenters. The van der Waals surface area contributed by atoms with Crippen molar-refractivity contribution in [2.75, 3.05) is 0 Å². The van der Waals surface area contributed by atoms with E-state index in [1.807, 2.05) is 6.33 Å². The predicted octanol–water partition coefficient (Wildman–Crippen LogP) is 6.14. The summed E-state index contributed by atoms with van der Waals surface area (Å²) in [6.07, 6.45) is 24.5. The first-order chi connectivity index (χ1) is 17.5. The first-order valence-electron chi connectivity index (χ1n) is 14.1. The Hall–Kier alpha value is -2.72. The maximum atomic E-state index is 6.17. The summed E-state index contributed by atoms with van der Waals surface area (Å²) in [5.41, 5.74) is 11.9. The van der Waals surface area contributed by atoms with E-state index in [0.717, 1.165) is 48.6 Å². The summed E-state index contributed by atoms with van der Waals surface area (Å²) in [5, 5.41) is 2.52. The van der Waals surface area contributed by atoms with E-state index in [2.05, 4.69) is 61.0 Å². The third-order valence-electron chi connectivity index (χ3n) is 8.20. The Bertz CT molecular complexity index is 1250. The highest BCUT2D eigenvalue weighted by molar-refractivity contribution is 5.82. The van der Waals surface area contributed by atoms with E-state index in [0.29, 0.717) is 12.0 Å². The molecule has 2 aliphatic carbocycles. The Morgan fingerprint density at radius 1 is 1.17 bits per heavy atom. The molecular formula is C32H42N4. The average Bonchev–Trinajstić information content (AvgIpc) is 3.29. The zero-order chi connectivity index (χ0) is 24.9.